The lowest BCUT2D eigenvalue weighted by Gasteiger charge is -2.23. The van der Waals surface area contributed by atoms with Crippen molar-refractivity contribution in [1.29, 1.82) is 0 Å². The highest BCUT2D eigenvalue weighted by Crippen LogP contribution is 2.32. The first-order valence-electron chi connectivity index (χ1n) is 5.70. The fourth-order valence-corrected chi connectivity index (χ4v) is 3.01. The van der Waals surface area contributed by atoms with Crippen molar-refractivity contribution >= 4 is 21.4 Å². The molecule has 2 unspecified atom stereocenters. The van der Waals surface area contributed by atoms with Gasteiger partial charge >= 0.3 is 0 Å². The molecule has 0 aliphatic carbocycles. The molecule has 0 saturated heterocycles. The van der Waals surface area contributed by atoms with Crippen LogP contribution < -0.4 is 11.3 Å². The van der Waals surface area contributed by atoms with Gasteiger partial charge in [0.1, 0.15) is 0 Å². The van der Waals surface area contributed by atoms with Crippen LogP contribution in [0.15, 0.2) is 29.6 Å². The van der Waals surface area contributed by atoms with Gasteiger partial charge in [0, 0.05) is 10.7 Å². The number of nitrogens with one attached hydrogen (secondary N) is 1. The molecular weight excluding hydrogens is 216 g/mol. The molecule has 0 spiro atoms. The Hall–Kier alpha value is -0.900. The van der Waals surface area contributed by atoms with Crippen LogP contribution in [0.5, 0.6) is 0 Å². The molecule has 0 amide bonds. The van der Waals surface area contributed by atoms with Gasteiger partial charge in [0.2, 0.25) is 0 Å². The van der Waals surface area contributed by atoms with E-state index in [0.717, 1.165) is 6.42 Å². The number of fused-ring (bicyclic) bond motifs is 1. The zero-order valence-corrected chi connectivity index (χ0v) is 10.6. The predicted molar refractivity (Wildman–Crippen MR) is 71.3 cm³/mol. The molecule has 2 rings (SSSR count). The van der Waals surface area contributed by atoms with Gasteiger partial charge in [-0.3, -0.25) is 11.3 Å². The molecule has 0 bridgehead atoms. The predicted octanol–water partition coefficient (Wildman–Crippen LogP) is 3.45. The summed E-state index contributed by atoms with van der Waals surface area (Å²) >= 11 is 1.79. The van der Waals surface area contributed by atoms with Crippen molar-refractivity contribution in [1.82, 2.24) is 5.43 Å². The van der Waals surface area contributed by atoms with Crippen LogP contribution in [0.2, 0.25) is 0 Å². The third kappa shape index (κ3) is 1.98. The molecule has 0 fully saturated rings. The normalized spacial score (nSPS) is 15.2. The minimum Gasteiger partial charge on any atom is -0.271 e. The van der Waals surface area contributed by atoms with Gasteiger partial charge in [-0.2, -0.15) is 0 Å². The second-order valence-corrected chi connectivity index (χ2v) is 5.13. The Labute approximate surface area is 100 Å². The molecule has 0 saturated carbocycles. The van der Waals surface area contributed by atoms with Crippen molar-refractivity contribution in [3.05, 3.63) is 35.2 Å². The molecule has 1 aromatic heterocycles. The minimum atomic E-state index is 0.243. The summed E-state index contributed by atoms with van der Waals surface area (Å²) in [6, 6.07) is 8.84. The van der Waals surface area contributed by atoms with Crippen molar-refractivity contribution in [2.24, 2.45) is 11.8 Å². The highest BCUT2D eigenvalue weighted by Gasteiger charge is 2.18. The van der Waals surface area contributed by atoms with Gasteiger partial charge in [0.05, 0.1) is 0 Å². The summed E-state index contributed by atoms with van der Waals surface area (Å²) in [5.74, 6) is 6.24. The first kappa shape index (κ1) is 11.6. The Kier molecular flexibility index (Phi) is 3.59. The molecule has 3 heteroatoms. The number of hydrazine groups is 1. The molecular formula is C13H18N2S. The first-order chi connectivity index (χ1) is 7.77. The summed E-state index contributed by atoms with van der Waals surface area (Å²) < 4.78 is 1.35. The standard InChI is InChI=1S/C13H18N2S/c1-3-9(2)12(15-14)11-6-4-5-10-7-8-16-13(10)11/h4-9,12,15H,3,14H2,1-2H3. The van der Waals surface area contributed by atoms with Crippen LogP contribution in [-0.2, 0) is 0 Å². The first-order valence-corrected chi connectivity index (χ1v) is 6.58. The fourth-order valence-electron chi connectivity index (χ4n) is 2.06. The van der Waals surface area contributed by atoms with Crippen molar-refractivity contribution in [3.63, 3.8) is 0 Å². The second-order valence-electron chi connectivity index (χ2n) is 4.22. The number of rotatable bonds is 4. The molecule has 3 N–H and O–H groups in total. The molecule has 2 nitrogen and oxygen atoms in total. The Morgan fingerprint density at radius 2 is 2.19 bits per heavy atom. The lowest BCUT2D eigenvalue weighted by atomic mass is 9.92. The summed E-state index contributed by atoms with van der Waals surface area (Å²) in [5.41, 5.74) is 4.28. The highest BCUT2D eigenvalue weighted by molar-refractivity contribution is 7.17. The Bertz CT molecular complexity index is 464. The largest absolute Gasteiger partial charge is 0.271 e. The number of thiophene rings is 1. The molecule has 0 aliphatic heterocycles. The van der Waals surface area contributed by atoms with Crippen LogP contribution in [0, 0.1) is 5.92 Å². The van der Waals surface area contributed by atoms with Gasteiger partial charge in [-0.05, 0) is 28.3 Å². The summed E-state index contributed by atoms with van der Waals surface area (Å²) in [4.78, 5) is 0. The Morgan fingerprint density at radius 3 is 2.88 bits per heavy atom. The van der Waals surface area contributed by atoms with Crippen molar-refractivity contribution in [2.75, 3.05) is 0 Å². The third-order valence-corrected chi connectivity index (χ3v) is 4.22. The lowest BCUT2D eigenvalue weighted by Crippen LogP contribution is -2.32. The molecule has 2 atom stereocenters. The van der Waals surface area contributed by atoms with Crippen LogP contribution >= 0.6 is 11.3 Å². The highest BCUT2D eigenvalue weighted by atomic mass is 32.1. The maximum atomic E-state index is 5.70. The van der Waals surface area contributed by atoms with Gasteiger partial charge in [-0.25, -0.2) is 0 Å². The van der Waals surface area contributed by atoms with E-state index < -0.39 is 0 Å². The Morgan fingerprint density at radius 1 is 1.38 bits per heavy atom. The molecule has 2 aromatic rings. The molecule has 0 aliphatic rings. The fraction of sp³-hybridized carbons (Fsp3) is 0.385. The molecule has 1 heterocycles. The summed E-state index contributed by atoms with van der Waals surface area (Å²) in [6.07, 6.45) is 1.12. The molecule has 0 radical (unpaired) electrons. The maximum absolute atomic E-state index is 5.70. The second kappa shape index (κ2) is 4.95. The van der Waals surface area contributed by atoms with Crippen molar-refractivity contribution in [3.8, 4) is 0 Å². The molecule has 1 aromatic carbocycles. The van der Waals surface area contributed by atoms with Crippen molar-refractivity contribution < 1.29 is 0 Å². The average molecular weight is 234 g/mol. The van der Waals surface area contributed by atoms with E-state index in [9.17, 15) is 0 Å². The van der Waals surface area contributed by atoms with Gasteiger partial charge in [-0.15, -0.1) is 11.3 Å². The van der Waals surface area contributed by atoms with E-state index in [1.54, 1.807) is 11.3 Å². The average Bonchev–Trinajstić information content (AvgIpc) is 2.78. The van der Waals surface area contributed by atoms with E-state index >= 15 is 0 Å². The SMILES string of the molecule is CCC(C)C(NN)c1cccc2ccsc12. The van der Waals surface area contributed by atoms with Crippen LogP contribution in [0.4, 0.5) is 0 Å². The minimum absolute atomic E-state index is 0.243. The van der Waals surface area contributed by atoms with Crippen LogP contribution in [-0.4, -0.2) is 0 Å². The van der Waals surface area contributed by atoms with Gasteiger partial charge < -0.3 is 0 Å². The zero-order valence-electron chi connectivity index (χ0n) is 9.73. The quantitative estimate of drug-likeness (QED) is 0.628. The topological polar surface area (TPSA) is 38.0 Å². The van der Waals surface area contributed by atoms with E-state index in [4.69, 9.17) is 5.84 Å². The lowest BCUT2D eigenvalue weighted by molar-refractivity contribution is 0.385. The van der Waals surface area contributed by atoms with E-state index in [0.29, 0.717) is 5.92 Å². The summed E-state index contributed by atoms with van der Waals surface area (Å²) in [6.45, 7) is 4.43. The number of nitrogens with two attached hydrogens (primary N) is 1. The van der Waals surface area contributed by atoms with E-state index in [2.05, 4.69) is 48.9 Å². The Balaban J connectivity index is 2.48. The summed E-state index contributed by atoms with van der Waals surface area (Å²) in [5, 5.41) is 3.45. The van der Waals surface area contributed by atoms with Crippen LogP contribution in [0.3, 0.4) is 0 Å². The van der Waals surface area contributed by atoms with E-state index in [1.165, 1.54) is 15.6 Å². The number of hydrogen-bond donors (Lipinski definition) is 2. The number of hydrogen-bond acceptors (Lipinski definition) is 3. The molecule has 86 valence electrons. The van der Waals surface area contributed by atoms with E-state index in [-0.39, 0.29) is 6.04 Å². The maximum Gasteiger partial charge on any atom is 0.0499 e. The van der Waals surface area contributed by atoms with Gasteiger partial charge in [0.15, 0.2) is 0 Å². The smallest absolute Gasteiger partial charge is 0.0499 e. The summed E-state index contributed by atoms with van der Waals surface area (Å²) in [7, 11) is 0. The molecule has 16 heavy (non-hydrogen) atoms. The van der Waals surface area contributed by atoms with Crippen LogP contribution in [0.1, 0.15) is 31.9 Å². The van der Waals surface area contributed by atoms with Crippen LogP contribution in [0.25, 0.3) is 10.1 Å². The third-order valence-electron chi connectivity index (χ3n) is 3.24. The van der Waals surface area contributed by atoms with Crippen molar-refractivity contribution in [2.45, 2.75) is 26.3 Å². The monoisotopic (exact) mass is 234 g/mol. The number of benzene rings is 1. The van der Waals surface area contributed by atoms with Gasteiger partial charge in [-0.1, -0.05) is 38.5 Å². The zero-order chi connectivity index (χ0) is 11.5. The van der Waals surface area contributed by atoms with Gasteiger partial charge in [0.25, 0.3) is 0 Å². The van der Waals surface area contributed by atoms with E-state index in [1.807, 2.05) is 0 Å².